The zero-order valence-corrected chi connectivity index (χ0v) is 11.3. The minimum Gasteiger partial charge on any atom is -0.367 e. The smallest absolute Gasteiger partial charge is 0.246 e. The van der Waals surface area contributed by atoms with E-state index in [9.17, 15) is 4.79 Å². The Morgan fingerprint density at radius 2 is 1.80 bits per heavy atom. The van der Waals surface area contributed by atoms with Crippen molar-refractivity contribution in [3.05, 3.63) is 66.0 Å². The number of nitrogens with zero attached hydrogens (tertiary/aromatic N) is 1. The number of benzene rings is 1. The fourth-order valence-electron chi connectivity index (χ4n) is 1.78. The van der Waals surface area contributed by atoms with Crippen LogP contribution in [0.1, 0.15) is 11.1 Å². The average molecular weight is 270 g/mol. The van der Waals surface area contributed by atoms with E-state index >= 15 is 0 Å². The first-order valence-electron chi connectivity index (χ1n) is 6.62. The first-order valence-corrected chi connectivity index (χ1v) is 6.62. The van der Waals surface area contributed by atoms with Crippen LogP contribution in [0.15, 0.2) is 54.9 Å². The van der Waals surface area contributed by atoms with Gasteiger partial charge in [0.25, 0.3) is 0 Å². The number of pyridine rings is 1. The van der Waals surface area contributed by atoms with E-state index in [-0.39, 0.29) is 12.5 Å². The molecule has 20 heavy (non-hydrogen) atoms. The highest BCUT2D eigenvalue weighted by Crippen LogP contribution is 2.00. The standard InChI is InChI=1S/C16H18N2O2/c19-16(13-20-12-15-4-2-1-3-5-15)18-11-8-14-6-9-17-10-7-14/h1-7,9-10H,8,11-13H2,(H,18,19). The second kappa shape index (κ2) is 8.07. The number of hydrogen-bond donors (Lipinski definition) is 1. The first-order chi connectivity index (χ1) is 9.84. The monoisotopic (exact) mass is 270 g/mol. The Hall–Kier alpha value is -2.20. The predicted molar refractivity (Wildman–Crippen MR) is 77.0 cm³/mol. The Morgan fingerprint density at radius 3 is 2.55 bits per heavy atom. The third-order valence-corrected chi connectivity index (χ3v) is 2.83. The van der Waals surface area contributed by atoms with Crippen LogP contribution in [-0.4, -0.2) is 24.0 Å². The molecule has 0 unspecified atom stereocenters. The molecule has 0 saturated heterocycles. The lowest BCUT2D eigenvalue weighted by atomic mass is 10.2. The van der Waals surface area contributed by atoms with Crippen molar-refractivity contribution in [2.24, 2.45) is 0 Å². The summed E-state index contributed by atoms with van der Waals surface area (Å²) in [5.74, 6) is -0.0880. The van der Waals surface area contributed by atoms with Crippen LogP contribution in [0.5, 0.6) is 0 Å². The Bertz CT molecular complexity index is 467. The SMILES string of the molecule is O=C(COCc1ccccc1)NCCc1ccncc1. The molecule has 4 heteroatoms. The molecule has 0 radical (unpaired) electrons. The van der Waals surface area contributed by atoms with E-state index in [4.69, 9.17) is 4.74 Å². The largest absolute Gasteiger partial charge is 0.367 e. The molecule has 0 aliphatic rings. The number of amides is 1. The summed E-state index contributed by atoms with van der Waals surface area (Å²) in [4.78, 5) is 15.5. The topological polar surface area (TPSA) is 51.2 Å². The van der Waals surface area contributed by atoms with Crippen LogP contribution < -0.4 is 5.32 Å². The molecule has 104 valence electrons. The molecule has 0 fully saturated rings. The van der Waals surface area contributed by atoms with Crippen LogP contribution in [0.25, 0.3) is 0 Å². The van der Waals surface area contributed by atoms with Crippen molar-refractivity contribution in [3.8, 4) is 0 Å². The molecule has 0 aliphatic carbocycles. The summed E-state index contributed by atoms with van der Waals surface area (Å²) in [5, 5.41) is 2.83. The molecule has 1 heterocycles. The third kappa shape index (κ3) is 5.20. The summed E-state index contributed by atoms with van der Waals surface area (Å²) >= 11 is 0. The van der Waals surface area contributed by atoms with Crippen molar-refractivity contribution in [1.29, 1.82) is 0 Å². The van der Waals surface area contributed by atoms with Crippen molar-refractivity contribution < 1.29 is 9.53 Å². The van der Waals surface area contributed by atoms with Gasteiger partial charge in [-0.15, -0.1) is 0 Å². The number of hydrogen-bond acceptors (Lipinski definition) is 3. The normalized spacial score (nSPS) is 10.2. The molecule has 1 amide bonds. The van der Waals surface area contributed by atoms with E-state index < -0.39 is 0 Å². The Morgan fingerprint density at radius 1 is 1.05 bits per heavy atom. The molecule has 4 nitrogen and oxygen atoms in total. The molecule has 0 saturated carbocycles. The summed E-state index contributed by atoms with van der Waals surface area (Å²) < 4.78 is 5.36. The second-order valence-electron chi connectivity index (χ2n) is 4.43. The van der Waals surface area contributed by atoms with Gasteiger partial charge in [0.15, 0.2) is 0 Å². The summed E-state index contributed by atoms with van der Waals surface area (Å²) in [6, 6.07) is 13.7. The van der Waals surface area contributed by atoms with Crippen LogP contribution >= 0.6 is 0 Å². The Labute approximate surface area is 118 Å². The molecular formula is C16H18N2O2. The molecule has 0 bridgehead atoms. The van der Waals surface area contributed by atoms with Gasteiger partial charge in [-0.3, -0.25) is 9.78 Å². The summed E-state index contributed by atoms with van der Waals surface area (Å²) in [6.07, 6.45) is 4.30. The average Bonchev–Trinajstić information content (AvgIpc) is 2.49. The van der Waals surface area contributed by atoms with Gasteiger partial charge >= 0.3 is 0 Å². The van der Waals surface area contributed by atoms with Crippen LogP contribution in [0, 0.1) is 0 Å². The maximum Gasteiger partial charge on any atom is 0.246 e. The number of ether oxygens (including phenoxy) is 1. The van der Waals surface area contributed by atoms with Crippen LogP contribution in [-0.2, 0) is 22.6 Å². The quantitative estimate of drug-likeness (QED) is 0.836. The molecule has 1 N–H and O–H groups in total. The van der Waals surface area contributed by atoms with Crippen molar-refractivity contribution in [1.82, 2.24) is 10.3 Å². The number of aromatic nitrogens is 1. The van der Waals surface area contributed by atoms with E-state index in [2.05, 4.69) is 10.3 Å². The van der Waals surface area contributed by atoms with Crippen molar-refractivity contribution in [2.75, 3.05) is 13.2 Å². The Kier molecular flexibility index (Phi) is 5.73. The lowest BCUT2D eigenvalue weighted by Crippen LogP contribution is -2.29. The van der Waals surface area contributed by atoms with Crippen molar-refractivity contribution >= 4 is 5.91 Å². The fraction of sp³-hybridized carbons (Fsp3) is 0.250. The van der Waals surface area contributed by atoms with Crippen LogP contribution in [0.2, 0.25) is 0 Å². The van der Waals surface area contributed by atoms with Gasteiger partial charge < -0.3 is 10.1 Å². The molecule has 0 aliphatic heterocycles. The number of nitrogens with one attached hydrogen (secondary N) is 1. The molecule has 2 rings (SSSR count). The van der Waals surface area contributed by atoms with E-state index in [0.717, 1.165) is 17.5 Å². The zero-order chi connectivity index (χ0) is 14.0. The lowest BCUT2D eigenvalue weighted by molar-refractivity contribution is -0.126. The maximum absolute atomic E-state index is 11.6. The molecular weight excluding hydrogens is 252 g/mol. The fourth-order valence-corrected chi connectivity index (χ4v) is 1.78. The summed E-state index contributed by atoms with van der Waals surface area (Å²) in [6.45, 7) is 1.15. The molecule has 1 aromatic carbocycles. The highest BCUT2D eigenvalue weighted by molar-refractivity contribution is 5.77. The first kappa shape index (κ1) is 14.2. The van der Waals surface area contributed by atoms with Gasteiger partial charge in [-0.2, -0.15) is 0 Å². The Balaban J connectivity index is 1.59. The van der Waals surface area contributed by atoms with Gasteiger partial charge in [0.2, 0.25) is 5.91 Å². The van der Waals surface area contributed by atoms with E-state index in [1.807, 2.05) is 42.5 Å². The third-order valence-electron chi connectivity index (χ3n) is 2.83. The highest BCUT2D eigenvalue weighted by atomic mass is 16.5. The predicted octanol–water partition coefficient (Wildman–Crippen LogP) is 1.96. The number of carbonyl (C=O) groups is 1. The van der Waals surface area contributed by atoms with Gasteiger partial charge in [0, 0.05) is 18.9 Å². The zero-order valence-electron chi connectivity index (χ0n) is 11.3. The van der Waals surface area contributed by atoms with Crippen LogP contribution in [0.3, 0.4) is 0 Å². The summed E-state index contributed by atoms with van der Waals surface area (Å²) in [7, 11) is 0. The maximum atomic E-state index is 11.6. The van der Waals surface area contributed by atoms with E-state index in [1.165, 1.54) is 0 Å². The van der Waals surface area contributed by atoms with Gasteiger partial charge in [0.1, 0.15) is 6.61 Å². The van der Waals surface area contributed by atoms with Gasteiger partial charge in [-0.25, -0.2) is 0 Å². The van der Waals surface area contributed by atoms with E-state index in [1.54, 1.807) is 12.4 Å². The molecule has 1 aromatic heterocycles. The molecule has 0 atom stereocenters. The summed E-state index contributed by atoms with van der Waals surface area (Å²) in [5.41, 5.74) is 2.22. The van der Waals surface area contributed by atoms with Crippen LogP contribution in [0.4, 0.5) is 0 Å². The molecule has 0 spiro atoms. The van der Waals surface area contributed by atoms with E-state index in [0.29, 0.717) is 13.2 Å². The van der Waals surface area contributed by atoms with Gasteiger partial charge in [-0.1, -0.05) is 30.3 Å². The lowest BCUT2D eigenvalue weighted by Gasteiger charge is -2.06. The minimum atomic E-state index is -0.0880. The van der Waals surface area contributed by atoms with Gasteiger partial charge in [0.05, 0.1) is 6.61 Å². The minimum absolute atomic E-state index is 0.0880. The van der Waals surface area contributed by atoms with Crippen molar-refractivity contribution in [3.63, 3.8) is 0 Å². The van der Waals surface area contributed by atoms with Gasteiger partial charge in [-0.05, 0) is 29.7 Å². The highest BCUT2D eigenvalue weighted by Gasteiger charge is 2.01. The van der Waals surface area contributed by atoms with Crippen molar-refractivity contribution in [2.45, 2.75) is 13.0 Å². The number of rotatable bonds is 7. The number of carbonyl (C=O) groups excluding carboxylic acids is 1. The molecule has 2 aromatic rings. The second-order valence-corrected chi connectivity index (χ2v) is 4.43.